The van der Waals surface area contributed by atoms with Crippen LogP contribution in [0.25, 0.3) is 0 Å². The predicted octanol–water partition coefficient (Wildman–Crippen LogP) is 3.66. The average molecular weight is 524 g/mol. The number of alkyl halides is 3. The average Bonchev–Trinajstić information content (AvgIpc) is 2.88. The summed E-state index contributed by atoms with van der Waals surface area (Å²) >= 11 is 0. The molecule has 0 atom stereocenters. The first kappa shape index (κ1) is 28.0. The largest absolute Gasteiger partial charge is 0.416 e. The van der Waals surface area contributed by atoms with Crippen molar-refractivity contribution in [2.24, 2.45) is 5.73 Å². The van der Waals surface area contributed by atoms with Crippen LogP contribution in [0.5, 0.6) is 0 Å². The van der Waals surface area contributed by atoms with E-state index in [1.807, 2.05) is 0 Å². The summed E-state index contributed by atoms with van der Waals surface area (Å²) in [4.78, 5) is 12.8. The Labute approximate surface area is 211 Å². The summed E-state index contributed by atoms with van der Waals surface area (Å²) in [5.74, 6) is 0.108. The van der Waals surface area contributed by atoms with Crippen LogP contribution in [-0.2, 0) is 28.7 Å². The molecule has 0 fully saturated rings. The van der Waals surface area contributed by atoms with Gasteiger partial charge in [0.2, 0.25) is 17.8 Å². The second-order valence-corrected chi connectivity index (χ2v) is 7.73. The first-order valence-electron chi connectivity index (χ1n) is 11.6. The van der Waals surface area contributed by atoms with Crippen molar-refractivity contribution in [3.63, 3.8) is 0 Å². The number of ether oxygens (including phenoxy) is 2. The fourth-order valence-corrected chi connectivity index (χ4v) is 3.16. The van der Waals surface area contributed by atoms with E-state index in [9.17, 15) is 17.6 Å². The van der Waals surface area contributed by atoms with Crippen LogP contribution < -0.4 is 21.7 Å². The maximum absolute atomic E-state index is 13.3. The van der Waals surface area contributed by atoms with Crippen molar-refractivity contribution < 1.29 is 27.0 Å². The van der Waals surface area contributed by atoms with Crippen LogP contribution >= 0.6 is 0 Å². The fourth-order valence-electron chi connectivity index (χ4n) is 3.16. The van der Waals surface area contributed by atoms with Crippen LogP contribution in [0.2, 0.25) is 0 Å². The summed E-state index contributed by atoms with van der Waals surface area (Å²) in [7, 11) is 0. The normalized spacial score (nSPS) is 11.4. The molecule has 0 bridgehead atoms. The van der Waals surface area contributed by atoms with Gasteiger partial charge in [-0.25, -0.2) is 4.39 Å². The highest BCUT2D eigenvalue weighted by Crippen LogP contribution is 2.32. The SMILES string of the molecule is NCCOCCOCCNc1nc(NCc2ccc(F)cc2)nc(NCc2ccccc2C(F)(F)F)n1. The highest BCUT2D eigenvalue weighted by Gasteiger charge is 2.32. The Morgan fingerprint density at radius 3 is 1.97 bits per heavy atom. The van der Waals surface area contributed by atoms with Crippen LogP contribution in [-0.4, -0.2) is 54.5 Å². The van der Waals surface area contributed by atoms with Gasteiger partial charge < -0.3 is 31.2 Å². The highest BCUT2D eigenvalue weighted by atomic mass is 19.4. The van der Waals surface area contributed by atoms with Crippen molar-refractivity contribution in [3.8, 4) is 0 Å². The topological polar surface area (TPSA) is 119 Å². The van der Waals surface area contributed by atoms with Crippen molar-refractivity contribution >= 4 is 17.8 Å². The Kier molecular flexibility index (Phi) is 10.8. The second kappa shape index (κ2) is 14.3. The lowest BCUT2D eigenvalue weighted by molar-refractivity contribution is -0.138. The van der Waals surface area contributed by atoms with Gasteiger partial charge in [0.25, 0.3) is 0 Å². The zero-order valence-corrected chi connectivity index (χ0v) is 20.0. The molecular weight excluding hydrogens is 494 g/mol. The third-order valence-corrected chi connectivity index (χ3v) is 4.92. The first-order chi connectivity index (χ1) is 17.8. The van der Waals surface area contributed by atoms with E-state index in [-0.39, 0.29) is 35.8 Å². The zero-order valence-electron chi connectivity index (χ0n) is 20.0. The Morgan fingerprint density at radius 1 is 0.730 bits per heavy atom. The predicted molar refractivity (Wildman–Crippen MR) is 132 cm³/mol. The lowest BCUT2D eigenvalue weighted by Gasteiger charge is -2.14. The Morgan fingerprint density at radius 2 is 1.32 bits per heavy atom. The molecule has 0 radical (unpaired) electrons. The van der Waals surface area contributed by atoms with Crippen LogP contribution in [0.15, 0.2) is 48.5 Å². The molecule has 200 valence electrons. The van der Waals surface area contributed by atoms with Gasteiger partial charge in [0.15, 0.2) is 0 Å². The third-order valence-electron chi connectivity index (χ3n) is 4.92. The van der Waals surface area contributed by atoms with E-state index in [0.717, 1.165) is 11.6 Å². The standard InChI is InChI=1S/C24H29F4N7O2/c25-19-7-5-17(6-8-19)15-31-22-33-21(30-10-12-37-14-13-36-11-9-29)34-23(35-22)32-16-18-3-1-2-4-20(18)24(26,27)28/h1-8H,9-16,29H2,(H3,30,31,32,33,34,35). The number of anilines is 3. The zero-order chi connectivity index (χ0) is 26.5. The van der Waals surface area contributed by atoms with E-state index in [0.29, 0.717) is 46.1 Å². The molecule has 13 heteroatoms. The first-order valence-corrected chi connectivity index (χ1v) is 11.6. The highest BCUT2D eigenvalue weighted by molar-refractivity contribution is 5.43. The van der Waals surface area contributed by atoms with Crippen molar-refractivity contribution in [1.29, 1.82) is 0 Å². The molecule has 3 rings (SSSR count). The van der Waals surface area contributed by atoms with Gasteiger partial charge in [-0.3, -0.25) is 0 Å². The third kappa shape index (κ3) is 9.79. The summed E-state index contributed by atoms with van der Waals surface area (Å²) in [5.41, 5.74) is 5.45. The molecule has 5 N–H and O–H groups in total. The number of hydrogen-bond acceptors (Lipinski definition) is 9. The molecule has 0 unspecified atom stereocenters. The molecule has 3 aromatic rings. The lowest BCUT2D eigenvalue weighted by Crippen LogP contribution is -2.17. The van der Waals surface area contributed by atoms with Gasteiger partial charge >= 0.3 is 6.18 Å². The Bertz CT molecular complexity index is 1100. The molecule has 0 saturated carbocycles. The summed E-state index contributed by atoms with van der Waals surface area (Å²) in [6.45, 7) is 2.59. The smallest absolute Gasteiger partial charge is 0.378 e. The van der Waals surface area contributed by atoms with Gasteiger partial charge in [0, 0.05) is 26.2 Å². The van der Waals surface area contributed by atoms with Crippen LogP contribution in [0, 0.1) is 5.82 Å². The van der Waals surface area contributed by atoms with Crippen LogP contribution in [0.4, 0.5) is 35.4 Å². The van der Waals surface area contributed by atoms with Gasteiger partial charge in [0.05, 0.1) is 32.0 Å². The van der Waals surface area contributed by atoms with Gasteiger partial charge in [-0.05, 0) is 29.3 Å². The van der Waals surface area contributed by atoms with E-state index in [1.54, 1.807) is 12.1 Å². The van der Waals surface area contributed by atoms with E-state index in [1.165, 1.54) is 30.3 Å². The van der Waals surface area contributed by atoms with E-state index in [2.05, 4.69) is 30.9 Å². The second-order valence-electron chi connectivity index (χ2n) is 7.73. The maximum Gasteiger partial charge on any atom is 0.416 e. The van der Waals surface area contributed by atoms with E-state index < -0.39 is 11.7 Å². The minimum Gasteiger partial charge on any atom is -0.378 e. The van der Waals surface area contributed by atoms with Crippen LogP contribution in [0.1, 0.15) is 16.7 Å². The molecule has 1 aromatic heterocycles. The minimum absolute atomic E-state index is 0.0518. The number of hydrogen-bond donors (Lipinski definition) is 4. The van der Waals surface area contributed by atoms with Gasteiger partial charge in [-0.1, -0.05) is 30.3 Å². The minimum atomic E-state index is -4.48. The summed E-state index contributed by atoms with van der Waals surface area (Å²) in [6, 6.07) is 11.2. The molecular formula is C24H29F4N7O2. The summed E-state index contributed by atoms with van der Waals surface area (Å²) in [6.07, 6.45) is -4.48. The molecule has 0 aliphatic rings. The molecule has 0 aliphatic heterocycles. The van der Waals surface area contributed by atoms with Gasteiger partial charge in [-0.15, -0.1) is 0 Å². The van der Waals surface area contributed by atoms with E-state index in [4.69, 9.17) is 15.2 Å². The quantitative estimate of drug-likeness (QED) is 0.175. The van der Waals surface area contributed by atoms with E-state index >= 15 is 0 Å². The Hall–Kier alpha value is -3.55. The number of rotatable bonds is 15. The maximum atomic E-state index is 13.3. The monoisotopic (exact) mass is 523 g/mol. The number of nitrogens with two attached hydrogens (primary N) is 1. The molecule has 37 heavy (non-hydrogen) atoms. The number of benzene rings is 2. The number of halogens is 4. The molecule has 0 saturated heterocycles. The van der Waals surface area contributed by atoms with Crippen LogP contribution in [0.3, 0.4) is 0 Å². The van der Waals surface area contributed by atoms with Crippen molar-refractivity contribution in [3.05, 3.63) is 71.0 Å². The van der Waals surface area contributed by atoms with Crippen molar-refractivity contribution in [2.45, 2.75) is 19.3 Å². The van der Waals surface area contributed by atoms with Crippen molar-refractivity contribution in [1.82, 2.24) is 15.0 Å². The van der Waals surface area contributed by atoms with Gasteiger partial charge in [0.1, 0.15) is 5.82 Å². The summed E-state index contributed by atoms with van der Waals surface area (Å²) < 4.78 is 63.9. The molecule has 1 heterocycles. The van der Waals surface area contributed by atoms with Crippen molar-refractivity contribution in [2.75, 3.05) is 55.5 Å². The lowest BCUT2D eigenvalue weighted by atomic mass is 10.1. The molecule has 0 spiro atoms. The molecule has 0 aliphatic carbocycles. The number of aromatic nitrogens is 3. The molecule has 2 aromatic carbocycles. The summed E-state index contributed by atoms with van der Waals surface area (Å²) in [5, 5.41) is 8.87. The molecule has 0 amide bonds. The number of nitrogens with one attached hydrogen (secondary N) is 3. The Balaban J connectivity index is 1.65. The number of nitrogens with zero attached hydrogens (tertiary/aromatic N) is 3. The van der Waals surface area contributed by atoms with Gasteiger partial charge in [-0.2, -0.15) is 28.1 Å². The fraction of sp³-hybridized carbons (Fsp3) is 0.375. The molecule has 9 nitrogen and oxygen atoms in total.